The minimum atomic E-state index is -0.332. The molecule has 28 heavy (non-hydrogen) atoms. The SMILES string of the molecule is CC(=O)N(C)C(Cc1ccc(CN)c(F)c1)c1nnc(-c2cccc(C)c2)s1. The molecule has 0 spiro atoms. The Morgan fingerprint density at radius 3 is 2.68 bits per heavy atom. The Balaban J connectivity index is 1.93. The molecule has 0 saturated carbocycles. The summed E-state index contributed by atoms with van der Waals surface area (Å²) in [6.45, 7) is 3.68. The van der Waals surface area contributed by atoms with Crippen LogP contribution in [0.2, 0.25) is 0 Å². The molecule has 146 valence electrons. The van der Waals surface area contributed by atoms with E-state index in [1.54, 1.807) is 18.0 Å². The van der Waals surface area contributed by atoms with Crippen LogP contribution >= 0.6 is 11.3 Å². The van der Waals surface area contributed by atoms with E-state index in [0.717, 1.165) is 26.7 Å². The molecule has 2 aromatic carbocycles. The summed E-state index contributed by atoms with van der Waals surface area (Å²) in [6, 6.07) is 12.7. The number of nitrogens with two attached hydrogens (primary N) is 1. The van der Waals surface area contributed by atoms with Gasteiger partial charge in [-0.15, -0.1) is 10.2 Å². The highest BCUT2D eigenvalue weighted by Crippen LogP contribution is 2.32. The molecular weight excluding hydrogens is 375 g/mol. The predicted molar refractivity (Wildman–Crippen MR) is 109 cm³/mol. The number of carbonyl (C=O) groups is 1. The van der Waals surface area contributed by atoms with Crippen LogP contribution in [0.1, 0.15) is 34.7 Å². The summed E-state index contributed by atoms with van der Waals surface area (Å²) in [7, 11) is 1.73. The van der Waals surface area contributed by atoms with Crippen LogP contribution in [0.5, 0.6) is 0 Å². The lowest BCUT2D eigenvalue weighted by Crippen LogP contribution is -2.30. The highest BCUT2D eigenvalue weighted by atomic mass is 32.1. The van der Waals surface area contributed by atoms with Gasteiger partial charge in [-0.3, -0.25) is 4.79 Å². The monoisotopic (exact) mass is 398 g/mol. The maximum atomic E-state index is 14.1. The fraction of sp³-hybridized carbons (Fsp3) is 0.286. The van der Waals surface area contributed by atoms with E-state index < -0.39 is 0 Å². The Kier molecular flexibility index (Phi) is 6.16. The van der Waals surface area contributed by atoms with Gasteiger partial charge in [-0.05, 0) is 31.0 Å². The molecule has 1 unspecified atom stereocenters. The maximum absolute atomic E-state index is 14.1. The molecule has 0 fully saturated rings. The van der Waals surface area contributed by atoms with Crippen molar-refractivity contribution in [2.24, 2.45) is 5.73 Å². The molecule has 3 rings (SSSR count). The Labute approximate surface area is 168 Å². The largest absolute Gasteiger partial charge is 0.336 e. The third-order valence-electron chi connectivity index (χ3n) is 4.72. The van der Waals surface area contributed by atoms with Crippen LogP contribution in [-0.4, -0.2) is 28.1 Å². The Hall–Kier alpha value is -2.64. The van der Waals surface area contributed by atoms with Crippen LogP contribution in [0, 0.1) is 12.7 Å². The number of hydrogen-bond acceptors (Lipinski definition) is 5. The van der Waals surface area contributed by atoms with Gasteiger partial charge in [-0.25, -0.2) is 4.39 Å². The highest BCUT2D eigenvalue weighted by Gasteiger charge is 2.24. The van der Waals surface area contributed by atoms with E-state index in [-0.39, 0.29) is 24.3 Å². The van der Waals surface area contributed by atoms with E-state index in [1.807, 2.05) is 31.2 Å². The average Bonchev–Trinajstić information content (AvgIpc) is 3.15. The van der Waals surface area contributed by atoms with Crippen molar-refractivity contribution in [2.75, 3.05) is 7.05 Å². The van der Waals surface area contributed by atoms with Crippen LogP contribution in [0.4, 0.5) is 4.39 Å². The van der Waals surface area contributed by atoms with Gasteiger partial charge in [-0.2, -0.15) is 0 Å². The minimum Gasteiger partial charge on any atom is -0.336 e. The number of aromatic nitrogens is 2. The van der Waals surface area contributed by atoms with Gasteiger partial charge in [0.1, 0.15) is 15.8 Å². The molecule has 0 bridgehead atoms. The summed E-state index contributed by atoms with van der Waals surface area (Å²) < 4.78 is 14.1. The van der Waals surface area contributed by atoms with Crippen LogP contribution in [0.3, 0.4) is 0 Å². The third-order valence-corrected chi connectivity index (χ3v) is 5.79. The van der Waals surface area contributed by atoms with Crippen molar-refractivity contribution in [1.29, 1.82) is 0 Å². The molecule has 7 heteroatoms. The normalized spacial score (nSPS) is 12.0. The standard InChI is InChI=1S/C21H23FN4OS/c1-13-5-4-6-16(9-13)20-24-25-21(28-20)19(26(3)14(2)27)11-15-7-8-17(12-23)18(22)10-15/h4-10,19H,11-12,23H2,1-3H3. The number of hydrogen-bond donors (Lipinski definition) is 1. The molecule has 0 aliphatic heterocycles. The highest BCUT2D eigenvalue weighted by molar-refractivity contribution is 7.14. The van der Waals surface area contributed by atoms with Crippen molar-refractivity contribution in [3.05, 3.63) is 70.0 Å². The first-order valence-electron chi connectivity index (χ1n) is 9.00. The van der Waals surface area contributed by atoms with E-state index in [0.29, 0.717) is 12.0 Å². The lowest BCUT2D eigenvalue weighted by Gasteiger charge is -2.25. The molecule has 0 aliphatic rings. The van der Waals surface area contributed by atoms with Crippen molar-refractivity contribution < 1.29 is 9.18 Å². The fourth-order valence-corrected chi connectivity index (χ4v) is 3.96. The number of amides is 1. The van der Waals surface area contributed by atoms with Crippen molar-refractivity contribution >= 4 is 17.2 Å². The van der Waals surface area contributed by atoms with Gasteiger partial charge in [0.15, 0.2) is 0 Å². The molecule has 1 aromatic heterocycles. The summed E-state index contributed by atoms with van der Waals surface area (Å²) in [5.74, 6) is -0.418. The lowest BCUT2D eigenvalue weighted by molar-refractivity contribution is -0.129. The van der Waals surface area contributed by atoms with Crippen LogP contribution in [0.15, 0.2) is 42.5 Å². The molecule has 3 aromatic rings. The number of halogens is 1. The fourth-order valence-electron chi connectivity index (χ4n) is 2.98. The second kappa shape index (κ2) is 8.58. The van der Waals surface area contributed by atoms with Gasteiger partial charge < -0.3 is 10.6 Å². The lowest BCUT2D eigenvalue weighted by atomic mass is 10.0. The van der Waals surface area contributed by atoms with E-state index in [1.165, 1.54) is 24.3 Å². The van der Waals surface area contributed by atoms with Gasteiger partial charge in [-0.1, -0.05) is 47.2 Å². The Bertz CT molecular complexity index is 988. The topological polar surface area (TPSA) is 72.1 Å². The number of nitrogens with zero attached hydrogens (tertiary/aromatic N) is 3. The summed E-state index contributed by atoms with van der Waals surface area (Å²) in [6.07, 6.45) is 0.445. The third kappa shape index (κ3) is 4.43. The molecule has 2 N–H and O–H groups in total. The van der Waals surface area contributed by atoms with E-state index in [4.69, 9.17) is 5.73 Å². The summed E-state index contributed by atoms with van der Waals surface area (Å²) in [5.41, 5.74) is 8.92. The first-order valence-corrected chi connectivity index (χ1v) is 9.82. The van der Waals surface area contributed by atoms with Crippen LogP contribution in [-0.2, 0) is 17.8 Å². The molecule has 1 heterocycles. The van der Waals surface area contributed by atoms with Crippen LogP contribution in [0.25, 0.3) is 10.6 Å². The first-order chi connectivity index (χ1) is 13.4. The van der Waals surface area contributed by atoms with Crippen molar-refractivity contribution in [3.63, 3.8) is 0 Å². The first kappa shape index (κ1) is 20.1. The quantitative estimate of drug-likeness (QED) is 0.684. The molecule has 0 saturated heterocycles. The van der Waals surface area contributed by atoms with Gasteiger partial charge in [0, 0.05) is 31.6 Å². The van der Waals surface area contributed by atoms with Crippen molar-refractivity contribution in [2.45, 2.75) is 32.9 Å². The minimum absolute atomic E-state index is 0.0867. The number of benzene rings is 2. The van der Waals surface area contributed by atoms with E-state index >= 15 is 0 Å². The van der Waals surface area contributed by atoms with Crippen molar-refractivity contribution in [3.8, 4) is 10.6 Å². The molecule has 5 nitrogen and oxygen atoms in total. The Morgan fingerprint density at radius 1 is 1.25 bits per heavy atom. The zero-order valence-electron chi connectivity index (χ0n) is 16.1. The number of carbonyl (C=O) groups excluding carboxylic acids is 1. The van der Waals surface area contributed by atoms with E-state index in [9.17, 15) is 9.18 Å². The number of likely N-dealkylation sites (N-methyl/N-ethyl adjacent to an activating group) is 1. The summed E-state index contributed by atoms with van der Waals surface area (Å²) in [4.78, 5) is 13.6. The number of aryl methyl sites for hydroxylation is 1. The zero-order chi connectivity index (χ0) is 20.3. The van der Waals surface area contributed by atoms with Crippen molar-refractivity contribution in [1.82, 2.24) is 15.1 Å². The summed E-state index contributed by atoms with van der Waals surface area (Å²) in [5, 5.41) is 10.2. The number of rotatable bonds is 6. The molecule has 0 radical (unpaired) electrons. The van der Waals surface area contributed by atoms with Gasteiger partial charge in [0.25, 0.3) is 0 Å². The van der Waals surface area contributed by atoms with Gasteiger partial charge >= 0.3 is 0 Å². The van der Waals surface area contributed by atoms with Gasteiger partial charge in [0.2, 0.25) is 5.91 Å². The molecule has 1 atom stereocenters. The van der Waals surface area contributed by atoms with Gasteiger partial charge in [0.05, 0.1) is 6.04 Å². The summed E-state index contributed by atoms with van der Waals surface area (Å²) >= 11 is 1.45. The van der Waals surface area contributed by atoms with Crippen LogP contribution < -0.4 is 5.73 Å². The molecule has 0 aliphatic carbocycles. The smallest absolute Gasteiger partial charge is 0.219 e. The average molecular weight is 399 g/mol. The molecule has 1 amide bonds. The second-order valence-corrected chi connectivity index (χ2v) is 7.80. The zero-order valence-corrected chi connectivity index (χ0v) is 17.0. The van der Waals surface area contributed by atoms with E-state index in [2.05, 4.69) is 16.3 Å². The maximum Gasteiger partial charge on any atom is 0.219 e. The Morgan fingerprint density at radius 2 is 2.04 bits per heavy atom. The predicted octanol–water partition coefficient (Wildman–Crippen LogP) is 3.87. The second-order valence-electron chi connectivity index (χ2n) is 6.79. The molecular formula is C21H23FN4OS.